The minimum Gasteiger partial charge on any atom is -0.493 e. The lowest BCUT2D eigenvalue weighted by Crippen LogP contribution is -2.25. The number of ether oxygens (including phenoxy) is 2. The summed E-state index contributed by atoms with van der Waals surface area (Å²) in [6.07, 6.45) is -4.50. The molecule has 128 valence electrons. The highest BCUT2D eigenvalue weighted by Crippen LogP contribution is 2.30. The predicted octanol–water partition coefficient (Wildman–Crippen LogP) is 2.33. The third kappa shape index (κ3) is 5.13. The molecular formula is C14H17F3N2O4. The molecule has 23 heavy (non-hydrogen) atoms. The number of oxime groups is 1. The Morgan fingerprint density at radius 1 is 1.43 bits per heavy atom. The third-order valence-electron chi connectivity index (χ3n) is 2.86. The maximum Gasteiger partial charge on any atom is 0.437 e. The summed E-state index contributed by atoms with van der Waals surface area (Å²) in [5.41, 5.74) is 3.55. The first-order chi connectivity index (χ1) is 10.7. The van der Waals surface area contributed by atoms with Crippen molar-refractivity contribution in [2.45, 2.75) is 25.6 Å². The van der Waals surface area contributed by atoms with Gasteiger partial charge in [-0.15, -0.1) is 0 Å². The van der Waals surface area contributed by atoms with Crippen molar-refractivity contribution in [3.63, 3.8) is 0 Å². The van der Waals surface area contributed by atoms with Gasteiger partial charge in [-0.05, 0) is 31.5 Å². The number of rotatable bonds is 6. The second-order valence-corrected chi connectivity index (χ2v) is 4.76. The highest BCUT2D eigenvalue weighted by Gasteiger charge is 2.39. The summed E-state index contributed by atoms with van der Waals surface area (Å²) in [7, 11) is 1.14. The zero-order chi connectivity index (χ0) is 17.6. The summed E-state index contributed by atoms with van der Waals surface area (Å²) in [4.78, 5) is 11.5. The minimum absolute atomic E-state index is 0.00603. The van der Waals surface area contributed by atoms with Gasteiger partial charge in [-0.3, -0.25) is 0 Å². The molecule has 0 aromatic heterocycles. The van der Waals surface area contributed by atoms with Crippen LogP contribution in [0.1, 0.15) is 29.3 Å². The van der Waals surface area contributed by atoms with Gasteiger partial charge in [-0.2, -0.15) is 13.2 Å². The molecule has 1 aromatic carbocycles. The molecule has 0 aliphatic heterocycles. The van der Waals surface area contributed by atoms with Gasteiger partial charge in [0.2, 0.25) is 0 Å². The molecule has 0 spiro atoms. The molecule has 0 saturated carbocycles. The average Bonchev–Trinajstić information content (AvgIpc) is 2.46. The smallest absolute Gasteiger partial charge is 0.437 e. The first kappa shape index (κ1) is 18.8. The lowest BCUT2D eigenvalue weighted by atomic mass is 10.1. The van der Waals surface area contributed by atoms with E-state index in [1.165, 1.54) is 0 Å². The van der Waals surface area contributed by atoms with Gasteiger partial charge in [0.05, 0.1) is 24.8 Å². The Morgan fingerprint density at radius 3 is 2.57 bits per heavy atom. The number of benzene rings is 1. The van der Waals surface area contributed by atoms with Gasteiger partial charge in [-0.1, -0.05) is 5.16 Å². The van der Waals surface area contributed by atoms with Crippen molar-refractivity contribution < 1.29 is 32.6 Å². The maximum atomic E-state index is 12.9. The number of carbonyl (C=O) groups is 1. The summed E-state index contributed by atoms with van der Waals surface area (Å²) < 4.78 is 48.5. The molecule has 0 saturated heterocycles. The fourth-order valence-electron chi connectivity index (χ4n) is 1.70. The van der Waals surface area contributed by atoms with E-state index >= 15 is 0 Å². The molecule has 0 amide bonds. The fraction of sp³-hybridized carbons (Fsp3) is 0.429. The van der Waals surface area contributed by atoms with Crippen LogP contribution in [-0.4, -0.2) is 42.8 Å². The second kappa shape index (κ2) is 7.82. The minimum atomic E-state index is -4.89. The molecule has 0 fully saturated rings. The van der Waals surface area contributed by atoms with E-state index in [1.54, 1.807) is 6.92 Å². The van der Waals surface area contributed by atoms with E-state index in [4.69, 9.17) is 15.7 Å². The van der Waals surface area contributed by atoms with Crippen LogP contribution in [0.2, 0.25) is 0 Å². The van der Waals surface area contributed by atoms with Crippen molar-refractivity contribution in [2.24, 2.45) is 10.9 Å². The number of nitrogens with two attached hydrogens (primary N) is 1. The summed E-state index contributed by atoms with van der Waals surface area (Å²) >= 11 is 0. The van der Waals surface area contributed by atoms with Crippen LogP contribution in [0.5, 0.6) is 5.75 Å². The second-order valence-electron chi connectivity index (χ2n) is 4.76. The van der Waals surface area contributed by atoms with Gasteiger partial charge >= 0.3 is 12.1 Å². The van der Waals surface area contributed by atoms with Gasteiger partial charge in [0.25, 0.3) is 0 Å². The van der Waals surface area contributed by atoms with E-state index in [0.29, 0.717) is 6.42 Å². The van der Waals surface area contributed by atoms with Crippen molar-refractivity contribution in [3.05, 3.63) is 29.3 Å². The number of alkyl halides is 3. The molecule has 1 atom stereocenters. The van der Waals surface area contributed by atoms with Crippen LogP contribution < -0.4 is 10.5 Å². The normalized spacial score (nSPS) is 13.6. The molecule has 1 rings (SSSR count). The first-order valence-electron chi connectivity index (χ1n) is 6.61. The number of methoxy groups -OCH3 is 1. The molecule has 3 N–H and O–H groups in total. The average molecular weight is 334 g/mol. The molecule has 0 aliphatic carbocycles. The lowest BCUT2D eigenvalue weighted by Gasteiger charge is -2.16. The highest BCUT2D eigenvalue weighted by atomic mass is 19.4. The number of esters is 1. The van der Waals surface area contributed by atoms with Crippen molar-refractivity contribution in [3.8, 4) is 5.75 Å². The van der Waals surface area contributed by atoms with E-state index < -0.39 is 23.4 Å². The predicted molar refractivity (Wildman–Crippen MR) is 75.9 cm³/mol. The van der Waals surface area contributed by atoms with E-state index in [-0.39, 0.29) is 24.0 Å². The Kier molecular flexibility index (Phi) is 6.38. The largest absolute Gasteiger partial charge is 0.493 e. The number of halogens is 3. The van der Waals surface area contributed by atoms with E-state index in [2.05, 4.69) is 9.89 Å². The highest BCUT2D eigenvalue weighted by molar-refractivity contribution is 6.07. The topological polar surface area (TPSA) is 94.1 Å². The number of hydrogen-bond acceptors (Lipinski definition) is 6. The SMILES string of the molecule is COC(=O)c1ccc(C(=NO)C(F)(F)F)c(OCCC(C)N)c1. The Labute approximate surface area is 130 Å². The van der Waals surface area contributed by atoms with E-state index in [0.717, 1.165) is 25.3 Å². The molecule has 0 bridgehead atoms. The van der Waals surface area contributed by atoms with Crippen LogP contribution in [0, 0.1) is 0 Å². The maximum absolute atomic E-state index is 12.9. The van der Waals surface area contributed by atoms with Gasteiger partial charge in [0.1, 0.15) is 5.75 Å². The summed E-state index contributed by atoms with van der Waals surface area (Å²) in [5.74, 6) is -0.984. The summed E-state index contributed by atoms with van der Waals surface area (Å²) in [6, 6.07) is 2.99. The van der Waals surface area contributed by atoms with E-state index in [9.17, 15) is 18.0 Å². The lowest BCUT2D eigenvalue weighted by molar-refractivity contribution is -0.0602. The Hall–Kier alpha value is -2.29. The van der Waals surface area contributed by atoms with Crippen LogP contribution in [-0.2, 0) is 4.74 Å². The van der Waals surface area contributed by atoms with Crippen LogP contribution in [0.25, 0.3) is 0 Å². The van der Waals surface area contributed by atoms with Crippen molar-refractivity contribution in [1.29, 1.82) is 0 Å². The van der Waals surface area contributed by atoms with Gasteiger partial charge < -0.3 is 20.4 Å². The molecule has 0 aliphatic rings. The molecule has 0 heterocycles. The molecular weight excluding hydrogens is 317 g/mol. The first-order valence-corrected chi connectivity index (χ1v) is 6.61. The Morgan fingerprint density at radius 2 is 2.09 bits per heavy atom. The van der Waals surface area contributed by atoms with Crippen LogP contribution in [0.4, 0.5) is 13.2 Å². The van der Waals surface area contributed by atoms with Crippen molar-refractivity contribution in [2.75, 3.05) is 13.7 Å². The number of carbonyl (C=O) groups excluding carboxylic acids is 1. The summed E-state index contributed by atoms with van der Waals surface area (Å²) in [6.45, 7) is 1.75. The van der Waals surface area contributed by atoms with Gasteiger partial charge in [0.15, 0.2) is 5.71 Å². The van der Waals surface area contributed by atoms with Gasteiger partial charge in [0, 0.05) is 6.04 Å². The van der Waals surface area contributed by atoms with E-state index in [1.807, 2.05) is 0 Å². The fourth-order valence-corrected chi connectivity index (χ4v) is 1.70. The van der Waals surface area contributed by atoms with Crippen LogP contribution in [0.3, 0.4) is 0 Å². The monoisotopic (exact) mass is 334 g/mol. The Bertz CT molecular complexity index is 586. The zero-order valence-corrected chi connectivity index (χ0v) is 12.6. The summed E-state index contributed by atoms with van der Waals surface area (Å²) in [5, 5.41) is 11.0. The molecule has 9 heteroatoms. The van der Waals surface area contributed by atoms with Crippen LogP contribution in [0.15, 0.2) is 23.4 Å². The Balaban J connectivity index is 3.25. The third-order valence-corrected chi connectivity index (χ3v) is 2.86. The number of hydrogen-bond donors (Lipinski definition) is 2. The molecule has 0 radical (unpaired) electrons. The molecule has 1 unspecified atom stereocenters. The van der Waals surface area contributed by atoms with Crippen LogP contribution >= 0.6 is 0 Å². The number of nitrogens with zero attached hydrogens (tertiary/aromatic N) is 1. The quantitative estimate of drug-likeness (QED) is 0.360. The van der Waals surface area contributed by atoms with Crippen molar-refractivity contribution in [1.82, 2.24) is 0 Å². The molecule has 6 nitrogen and oxygen atoms in total. The van der Waals surface area contributed by atoms with Crippen molar-refractivity contribution >= 4 is 11.7 Å². The molecule has 1 aromatic rings. The zero-order valence-electron chi connectivity index (χ0n) is 12.6. The van der Waals surface area contributed by atoms with Gasteiger partial charge in [-0.25, -0.2) is 4.79 Å². The standard InChI is InChI=1S/C14H17F3N2O4/c1-8(18)5-6-23-11-7-9(13(20)22-2)3-4-10(11)12(19-21)14(15,16)17/h3-4,7-8,21H,5-6,18H2,1-2H3.